The lowest BCUT2D eigenvalue weighted by atomic mass is 10.2. The minimum atomic E-state index is 0.314. The van der Waals surface area contributed by atoms with Crippen LogP contribution in [0.5, 0.6) is 17.2 Å². The van der Waals surface area contributed by atoms with E-state index in [-0.39, 0.29) is 0 Å². The summed E-state index contributed by atoms with van der Waals surface area (Å²) < 4.78 is 18.1. The minimum absolute atomic E-state index is 0.314. The van der Waals surface area contributed by atoms with Crippen LogP contribution in [0.2, 0.25) is 0 Å². The number of imidazole rings is 1. The topological polar surface area (TPSA) is 97.3 Å². The quantitative estimate of drug-likeness (QED) is 0.571. The van der Waals surface area contributed by atoms with Gasteiger partial charge in [0.15, 0.2) is 11.5 Å². The summed E-state index contributed by atoms with van der Waals surface area (Å²) in [6.45, 7) is 0. The van der Waals surface area contributed by atoms with E-state index in [0.29, 0.717) is 34.4 Å². The number of nitrogen functional groups attached to an aromatic ring is 1. The molecular formula is C20H19N5O3. The molecule has 2 N–H and O–H groups in total. The molecule has 0 atom stereocenters. The average molecular weight is 377 g/mol. The number of pyridine rings is 2. The first kappa shape index (κ1) is 17.6. The Kier molecular flexibility index (Phi) is 4.44. The van der Waals surface area contributed by atoms with Crippen molar-refractivity contribution in [2.45, 2.75) is 0 Å². The van der Waals surface area contributed by atoms with E-state index in [9.17, 15) is 0 Å². The molecule has 0 aliphatic heterocycles. The Bertz CT molecular complexity index is 1120. The normalized spacial score (nSPS) is 10.8. The Morgan fingerprint density at radius 2 is 1.64 bits per heavy atom. The number of benzene rings is 1. The minimum Gasteiger partial charge on any atom is -0.493 e. The largest absolute Gasteiger partial charge is 0.493 e. The molecule has 0 saturated heterocycles. The molecule has 0 unspecified atom stereocenters. The Hall–Kier alpha value is -3.81. The lowest BCUT2D eigenvalue weighted by molar-refractivity contribution is 0.324. The van der Waals surface area contributed by atoms with Crippen molar-refractivity contribution in [1.29, 1.82) is 0 Å². The Balaban J connectivity index is 1.97. The summed E-state index contributed by atoms with van der Waals surface area (Å²) in [5, 5.41) is 0. The maximum absolute atomic E-state index is 6.28. The van der Waals surface area contributed by atoms with Crippen molar-refractivity contribution in [2.24, 2.45) is 0 Å². The third-order valence-corrected chi connectivity index (χ3v) is 4.41. The van der Waals surface area contributed by atoms with Crippen molar-refractivity contribution >= 4 is 17.0 Å². The summed E-state index contributed by atoms with van der Waals surface area (Å²) in [4.78, 5) is 13.4. The second-order valence-electron chi connectivity index (χ2n) is 5.93. The van der Waals surface area contributed by atoms with Gasteiger partial charge in [-0.1, -0.05) is 6.07 Å². The SMILES string of the molecule is COc1cc(-n2c(N)nc3c(-c4ccccn4)nccc32)cc(OC)c1OC. The molecule has 8 heteroatoms. The number of aromatic nitrogens is 4. The fraction of sp³-hybridized carbons (Fsp3) is 0.150. The Morgan fingerprint density at radius 1 is 0.893 bits per heavy atom. The van der Waals surface area contributed by atoms with Crippen molar-refractivity contribution in [3.8, 4) is 34.3 Å². The standard InChI is InChI=1S/C20H19N5O3/c1-26-15-10-12(11-16(27-2)19(15)28-3)25-14-7-9-23-17(18(14)24-20(25)21)13-6-4-5-8-22-13/h4-11H,1-3H3,(H2,21,24). The molecule has 0 amide bonds. The molecule has 3 aromatic heterocycles. The predicted octanol–water partition coefficient (Wildman–Crippen LogP) is 3.09. The lowest BCUT2D eigenvalue weighted by Gasteiger charge is -2.15. The zero-order chi connectivity index (χ0) is 19.7. The molecule has 0 bridgehead atoms. The second-order valence-corrected chi connectivity index (χ2v) is 5.93. The van der Waals surface area contributed by atoms with Crippen LogP contribution in [-0.2, 0) is 0 Å². The van der Waals surface area contributed by atoms with Crippen molar-refractivity contribution in [1.82, 2.24) is 19.5 Å². The van der Waals surface area contributed by atoms with Crippen molar-refractivity contribution in [2.75, 3.05) is 27.1 Å². The van der Waals surface area contributed by atoms with Crippen molar-refractivity contribution in [3.63, 3.8) is 0 Å². The summed E-state index contributed by atoms with van der Waals surface area (Å²) in [6, 6.07) is 11.1. The predicted molar refractivity (Wildman–Crippen MR) is 106 cm³/mol. The molecule has 0 aliphatic carbocycles. The van der Waals surface area contributed by atoms with E-state index < -0.39 is 0 Å². The average Bonchev–Trinajstić information content (AvgIpc) is 3.08. The van der Waals surface area contributed by atoms with Gasteiger partial charge in [0.25, 0.3) is 0 Å². The maximum Gasteiger partial charge on any atom is 0.206 e. The number of nitrogens with two attached hydrogens (primary N) is 1. The molecule has 0 aliphatic rings. The summed E-state index contributed by atoms with van der Waals surface area (Å²) in [5.41, 5.74) is 9.85. The van der Waals surface area contributed by atoms with Gasteiger partial charge in [0.05, 0.1) is 38.2 Å². The molecule has 0 spiro atoms. The molecule has 3 heterocycles. The monoisotopic (exact) mass is 377 g/mol. The van der Waals surface area contributed by atoms with Crippen LogP contribution in [0.3, 0.4) is 0 Å². The van der Waals surface area contributed by atoms with Gasteiger partial charge >= 0.3 is 0 Å². The van der Waals surface area contributed by atoms with Gasteiger partial charge in [0, 0.05) is 24.5 Å². The smallest absolute Gasteiger partial charge is 0.206 e. The number of nitrogens with zero attached hydrogens (tertiary/aromatic N) is 4. The van der Waals surface area contributed by atoms with Gasteiger partial charge in [-0.2, -0.15) is 0 Å². The number of hydrogen-bond acceptors (Lipinski definition) is 7. The Morgan fingerprint density at radius 3 is 2.25 bits per heavy atom. The van der Waals surface area contributed by atoms with E-state index in [1.165, 1.54) is 0 Å². The highest BCUT2D eigenvalue weighted by Crippen LogP contribution is 2.40. The molecule has 4 rings (SSSR count). The third kappa shape index (κ3) is 2.75. The van der Waals surface area contributed by atoms with Crippen LogP contribution >= 0.6 is 0 Å². The number of fused-ring (bicyclic) bond motifs is 1. The molecule has 8 nitrogen and oxygen atoms in total. The highest BCUT2D eigenvalue weighted by atomic mass is 16.5. The van der Waals surface area contributed by atoms with Gasteiger partial charge in [-0.15, -0.1) is 0 Å². The molecule has 28 heavy (non-hydrogen) atoms. The highest BCUT2D eigenvalue weighted by Gasteiger charge is 2.19. The van der Waals surface area contributed by atoms with Gasteiger partial charge in [0.2, 0.25) is 11.7 Å². The maximum atomic E-state index is 6.28. The van der Waals surface area contributed by atoms with E-state index in [1.807, 2.05) is 41.0 Å². The first-order valence-corrected chi connectivity index (χ1v) is 8.52. The highest BCUT2D eigenvalue weighted by molar-refractivity contribution is 5.91. The van der Waals surface area contributed by atoms with E-state index in [1.54, 1.807) is 33.7 Å². The van der Waals surface area contributed by atoms with E-state index in [4.69, 9.17) is 19.9 Å². The lowest BCUT2D eigenvalue weighted by Crippen LogP contribution is -2.03. The molecule has 0 fully saturated rings. The van der Waals surface area contributed by atoms with Crippen molar-refractivity contribution in [3.05, 3.63) is 48.8 Å². The van der Waals surface area contributed by atoms with Crippen LogP contribution in [0.15, 0.2) is 48.8 Å². The van der Waals surface area contributed by atoms with Gasteiger partial charge in [0.1, 0.15) is 11.2 Å². The molecule has 4 aromatic rings. The van der Waals surface area contributed by atoms with Crippen LogP contribution in [-0.4, -0.2) is 40.8 Å². The first-order valence-electron chi connectivity index (χ1n) is 8.52. The van der Waals surface area contributed by atoms with Crippen molar-refractivity contribution < 1.29 is 14.2 Å². The van der Waals surface area contributed by atoms with Gasteiger partial charge in [-0.25, -0.2) is 4.98 Å². The molecular weight excluding hydrogens is 358 g/mol. The van der Waals surface area contributed by atoms with Gasteiger partial charge in [-0.05, 0) is 18.2 Å². The van der Waals surface area contributed by atoms with Crippen LogP contribution in [0.25, 0.3) is 28.1 Å². The summed E-state index contributed by atoms with van der Waals surface area (Å²) in [5.74, 6) is 1.87. The fourth-order valence-corrected chi connectivity index (χ4v) is 3.18. The molecule has 1 aromatic carbocycles. The second kappa shape index (κ2) is 7.07. The molecule has 0 radical (unpaired) electrons. The summed E-state index contributed by atoms with van der Waals surface area (Å²) >= 11 is 0. The van der Waals surface area contributed by atoms with E-state index >= 15 is 0 Å². The number of methoxy groups -OCH3 is 3. The fourth-order valence-electron chi connectivity index (χ4n) is 3.18. The molecule has 142 valence electrons. The van der Waals surface area contributed by atoms with Crippen LogP contribution < -0.4 is 19.9 Å². The summed E-state index contributed by atoms with van der Waals surface area (Å²) in [6.07, 6.45) is 3.43. The van der Waals surface area contributed by atoms with E-state index in [0.717, 1.165) is 16.9 Å². The number of rotatable bonds is 5. The Labute approximate surface area is 161 Å². The number of hydrogen-bond donors (Lipinski definition) is 1. The van der Waals surface area contributed by atoms with Gasteiger partial charge < -0.3 is 19.9 Å². The first-order chi connectivity index (χ1) is 13.7. The van der Waals surface area contributed by atoms with Crippen LogP contribution in [0, 0.1) is 0 Å². The number of ether oxygens (including phenoxy) is 3. The van der Waals surface area contributed by atoms with Crippen LogP contribution in [0.4, 0.5) is 5.95 Å². The van der Waals surface area contributed by atoms with E-state index in [2.05, 4.69) is 15.0 Å². The zero-order valence-electron chi connectivity index (χ0n) is 15.7. The zero-order valence-corrected chi connectivity index (χ0v) is 15.7. The number of anilines is 1. The van der Waals surface area contributed by atoms with Gasteiger partial charge in [-0.3, -0.25) is 14.5 Å². The summed E-state index contributed by atoms with van der Waals surface area (Å²) in [7, 11) is 4.70. The van der Waals surface area contributed by atoms with Crippen LogP contribution in [0.1, 0.15) is 0 Å². The molecule has 0 saturated carbocycles. The third-order valence-electron chi connectivity index (χ3n) is 4.41.